The third-order valence-corrected chi connectivity index (χ3v) is 3.45. The van der Waals surface area contributed by atoms with Crippen molar-refractivity contribution in [2.75, 3.05) is 13.6 Å². The number of aliphatic hydroxyl groups is 1. The van der Waals surface area contributed by atoms with Gasteiger partial charge in [0.1, 0.15) is 0 Å². The van der Waals surface area contributed by atoms with Crippen LogP contribution in [0.3, 0.4) is 0 Å². The molecule has 0 aliphatic rings. The first-order chi connectivity index (χ1) is 8.74. The fourth-order valence-corrected chi connectivity index (χ4v) is 2.55. The number of halogens is 1. The second-order valence-electron chi connectivity index (χ2n) is 5.80. The second kappa shape index (κ2) is 6.71. The maximum Gasteiger partial charge on any atom is 0.0718 e. The third-order valence-electron chi connectivity index (χ3n) is 3.20. The molecule has 0 saturated carbocycles. The number of rotatable bonds is 6. The van der Waals surface area contributed by atoms with Crippen LogP contribution in [0.15, 0.2) is 24.3 Å². The molecule has 0 bridgehead atoms. The van der Waals surface area contributed by atoms with Gasteiger partial charge in [0.25, 0.3) is 0 Å². The molecule has 4 heteroatoms. The minimum atomic E-state index is -0.743. The Kier molecular flexibility index (Phi) is 5.81. The Bertz CT molecular complexity index is 386. The average molecular weight is 285 g/mol. The maximum absolute atomic E-state index is 9.98. The minimum Gasteiger partial charge on any atom is -0.389 e. The van der Waals surface area contributed by atoms with Gasteiger partial charge in [0.2, 0.25) is 0 Å². The molecule has 0 amide bonds. The van der Waals surface area contributed by atoms with Crippen LogP contribution in [0.2, 0.25) is 5.02 Å². The standard InChI is InChI=1S/C15H25ClN2O/c1-5-13(17)14(18(4)10-15(2,3)19)11-6-8-12(16)9-7-11/h6-9,13-14,19H,5,10,17H2,1-4H3. The Hall–Kier alpha value is -0.610. The normalized spacial score (nSPS) is 15.6. The molecule has 0 heterocycles. The summed E-state index contributed by atoms with van der Waals surface area (Å²) in [5, 5.41) is 10.7. The van der Waals surface area contributed by atoms with Crippen LogP contribution >= 0.6 is 11.6 Å². The zero-order chi connectivity index (χ0) is 14.6. The molecule has 3 nitrogen and oxygen atoms in total. The Morgan fingerprint density at radius 1 is 1.32 bits per heavy atom. The highest BCUT2D eigenvalue weighted by molar-refractivity contribution is 6.30. The van der Waals surface area contributed by atoms with Gasteiger partial charge in [-0.15, -0.1) is 0 Å². The highest BCUT2D eigenvalue weighted by Gasteiger charge is 2.26. The molecule has 0 aliphatic carbocycles. The van der Waals surface area contributed by atoms with E-state index in [4.69, 9.17) is 17.3 Å². The molecule has 2 unspecified atom stereocenters. The highest BCUT2D eigenvalue weighted by Crippen LogP contribution is 2.26. The van der Waals surface area contributed by atoms with Gasteiger partial charge in [-0.05, 0) is 45.0 Å². The topological polar surface area (TPSA) is 49.5 Å². The van der Waals surface area contributed by atoms with Crippen molar-refractivity contribution in [2.45, 2.75) is 44.9 Å². The van der Waals surface area contributed by atoms with Crippen LogP contribution in [0.25, 0.3) is 0 Å². The van der Waals surface area contributed by atoms with E-state index in [2.05, 4.69) is 11.8 Å². The van der Waals surface area contributed by atoms with Crippen LogP contribution in [0.4, 0.5) is 0 Å². The summed E-state index contributed by atoms with van der Waals surface area (Å²) in [5.74, 6) is 0. The molecule has 0 fully saturated rings. The van der Waals surface area contributed by atoms with Crippen molar-refractivity contribution in [1.82, 2.24) is 4.90 Å². The smallest absolute Gasteiger partial charge is 0.0718 e. The second-order valence-corrected chi connectivity index (χ2v) is 6.23. The van der Waals surface area contributed by atoms with Crippen molar-refractivity contribution >= 4 is 11.6 Å². The predicted molar refractivity (Wildman–Crippen MR) is 81.4 cm³/mol. The number of likely N-dealkylation sites (N-methyl/N-ethyl adjacent to an activating group) is 1. The van der Waals surface area contributed by atoms with Crippen molar-refractivity contribution < 1.29 is 5.11 Å². The molecule has 1 rings (SSSR count). The Balaban J connectivity index is 2.98. The molecule has 1 aromatic rings. The first-order valence-corrected chi connectivity index (χ1v) is 7.06. The van der Waals surface area contributed by atoms with Gasteiger partial charge < -0.3 is 10.8 Å². The number of hydrogen-bond donors (Lipinski definition) is 2. The molecule has 0 aliphatic heterocycles. The summed E-state index contributed by atoms with van der Waals surface area (Å²) in [6.07, 6.45) is 0.878. The van der Waals surface area contributed by atoms with Crippen LogP contribution in [0.1, 0.15) is 38.8 Å². The molecule has 0 aromatic heterocycles. The van der Waals surface area contributed by atoms with E-state index in [0.29, 0.717) is 6.54 Å². The first-order valence-electron chi connectivity index (χ1n) is 6.68. The van der Waals surface area contributed by atoms with Crippen LogP contribution in [0.5, 0.6) is 0 Å². The lowest BCUT2D eigenvalue weighted by molar-refractivity contribution is 0.0266. The molecule has 0 radical (unpaired) electrons. The maximum atomic E-state index is 9.98. The van der Waals surface area contributed by atoms with Gasteiger partial charge in [-0.2, -0.15) is 0 Å². The van der Waals surface area contributed by atoms with E-state index in [1.807, 2.05) is 31.3 Å². The van der Waals surface area contributed by atoms with Crippen molar-refractivity contribution in [3.63, 3.8) is 0 Å². The number of nitrogens with zero attached hydrogens (tertiary/aromatic N) is 1. The molecular weight excluding hydrogens is 260 g/mol. The van der Waals surface area contributed by atoms with E-state index >= 15 is 0 Å². The summed E-state index contributed by atoms with van der Waals surface area (Å²) < 4.78 is 0. The van der Waals surface area contributed by atoms with Crippen LogP contribution in [-0.4, -0.2) is 35.2 Å². The Morgan fingerprint density at radius 3 is 2.26 bits per heavy atom. The molecule has 2 atom stereocenters. The Labute approximate surface area is 121 Å². The number of benzene rings is 1. The van der Waals surface area contributed by atoms with Crippen molar-refractivity contribution in [2.24, 2.45) is 5.73 Å². The summed E-state index contributed by atoms with van der Waals surface area (Å²) >= 11 is 5.93. The van der Waals surface area contributed by atoms with Gasteiger partial charge in [0.05, 0.1) is 5.60 Å². The van der Waals surface area contributed by atoms with E-state index in [9.17, 15) is 5.11 Å². The van der Waals surface area contributed by atoms with E-state index < -0.39 is 5.60 Å². The lowest BCUT2D eigenvalue weighted by atomic mass is 9.95. The van der Waals surface area contributed by atoms with Crippen LogP contribution in [-0.2, 0) is 0 Å². The lowest BCUT2D eigenvalue weighted by Crippen LogP contribution is -2.44. The van der Waals surface area contributed by atoms with E-state index in [1.165, 1.54) is 0 Å². The highest BCUT2D eigenvalue weighted by atomic mass is 35.5. The van der Waals surface area contributed by atoms with Gasteiger partial charge >= 0.3 is 0 Å². The summed E-state index contributed by atoms with van der Waals surface area (Å²) in [6.45, 7) is 6.25. The molecular formula is C15H25ClN2O. The van der Waals surface area contributed by atoms with Crippen molar-refractivity contribution in [3.8, 4) is 0 Å². The predicted octanol–water partition coefficient (Wildman–Crippen LogP) is 2.82. The molecule has 0 spiro atoms. The minimum absolute atomic E-state index is 0.0218. The first kappa shape index (κ1) is 16.4. The largest absolute Gasteiger partial charge is 0.389 e. The fourth-order valence-electron chi connectivity index (χ4n) is 2.42. The lowest BCUT2D eigenvalue weighted by Gasteiger charge is -2.36. The monoisotopic (exact) mass is 284 g/mol. The quantitative estimate of drug-likeness (QED) is 0.844. The summed E-state index contributed by atoms with van der Waals surface area (Å²) in [5.41, 5.74) is 6.64. The van der Waals surface area contributed by atoms with Gasteiger partial charge in [0.15, 0.2) is 0 Å². The van der Waals surface area contributed by atoms with Crippen LogP contribution < -0.4 is 5.73 Å². The summed E-state index contributed by atoms with van der Waals surface area (Å²) in [7, 11) is 1.99. The Morgan fingerprint density at radius 2 is 1.84 bits per heavy atom. The molecule has 1 aromatic carbocycles. The zero-order valence-electron chi connectivity index (χ0n) is 12.2. The SMILES string of the molecule is CCC(N)C(c1ccc(Cl)cc1)N(C)CC(C)(C)O. The summed E-state index contributed by atoms with van der Waals surface area (Å²) in [6, 6.07) is 7.86. The van der Waals surface area contributed by atoms with E-state index in [1.54, 1.807) is 13.8 Å². The molecule has 0 saturated heterocycles. The van der Waals surface area contributed by atoms with Crippen molar-refractivity contribution in [1.29, 1.82) is 0 Å². The zero-order valence-corrected chi connectivity index (χ0v) is 13.0. The molecule has 108 valence electrons. The van der Waals surface area contributed by atoms with Crippen molar-refractivity contribution in [3.05, 3.63) is 34.9 Å². The average Bonchev–Trinajstić information content (AvgIpc) is 2.29. The molecule has 19 heavy (non-hydrogen) atoms. The van der Waals surface area contributed by atoms with Gasteiger partial charge in [0, 0.05) is 23.7 Å². The summed E-state index contributed by atoms with van der Waals surface area (Å²) in [4.78, 5) is 2.11. The number of nitrogens with two attached hydrogens (primary N) is 1. The van der Waals surface area contributed by atoms with Gasteiger partial charge in [-0.25, -0.2) is 0 Å². The van der Waals surface area contributed by atoms with Gasteiger partial charge in [-0.3, -0.25) is 4.90 Å². The van der Waals surface area contributed by atoms with Gasteiger partial charge in [-0.1, -0.05) is 30.7 Å². The molecule has 3 N–H and O–H groups in total. The fraction of sp³-hybridized carbons (Fsp3) is 0.600. The van der Waals surface area contributed by atoms with E-state index in [-0.39, 0.29) is 12.1 Å². The third kappa shape index (κ3) is 5.11. The number of hydrogen-bond acceptors (Lipinski definition) is 3. The van der Waals surface area contributed by atoms with E-state index in [0.717, 1.165) is 17.0 Å². The van der Waals surface area contributed by atoms with Crippen LogP contribution in [0, 0.1) is 0 Å².